The molecule has 8 heteroatoms. The zero-order valence-corrected chi connectivity index (χ0v) is 18.2. The summed E-state index contributed by atoms with van der Waals surface area (Å²) in [7, 11) is -2.35. The zero-order valence-electron chi connectivity index (χ0n) is 17.4. The van der Waals surface area contributed by atoms with E-state index in [0.717, 1.165) is 9.87 Å². The predicted octanol–water partition coefficient (Wildman–Crippen LogP) is 3.86. The van der Waals surface area contributed by atoms with Crippen molar-refractivity contribution in [3.8, 4) is 5.75 Å². The van der Waals surface area contributed by atoms with E-state index in [1.54, 1.807) is 31.4 Å². The molecule has 3 rings (SSSR count). The molecular weight excluding hydrogens is 402 g/mol. The summed E-state index contributed by atoms with van der Waals surface area (Å²) in [6.45, 7) is 5.76. The molecule has 0 saturated heterocycles. The molecule has 30 heavy (non-hydrogen) atoms. The maximum atomic E-state index is 12.8. The summed E-state index contributed by atoms with van der Waals surface area (Å²) in [6, 6.07) is 14.6. The number of hydrogen-bond donors (Lipinski definition) is 1. The second kappa shape index (κ2) is 8.71. The summed E-state index contributed by atoms with van der Waals surface area (Å²) in [4.78, 5) is 12.8. The Morgan fingerprint density at radius 2 is 1.73 bits per heavy atom. The summed E-state index contributed by atoms with van der Waals surface area (Å²) in [5.74, 6) is 0.651. The third-order valence-electron chi connectivity index (χ3n) is 4.79. The number of benzene rings is 2. The van der Waals surface area contributed by atoms with E-state index in [1.807, 2.05) is 24.3 Å². The van der Waals surface area contributed by atoms with Crippen LogP contribution in [0.15, 0.2) is 64.7 Å². The third kappa shape index (κ3) is 4.88. The molecule has 0 saturated carbocycles. The summed E-state index contributed by atoms with van der Waals surface area (Å²) >= 11 is 0. The highest BCUT2D eigenvalue weighted by atomic mass is 32.2. The van der Waals surface area contributed by atoms with Crippen molar-refractivity contribution in [2.75, 3.05) is 12.4 Å². The van der Waals surface area contributed by atoms with Crippen LogP contribution in [0.25, 0.3) is 0 Å². The lowest BCUT2D eigenvalue weighted by molar-refractivity contribution is -0.112. The number of nitrogens with one attached hydrogen (secondary N) is 1. The monoisotopic (exact) mass is 427 g/mol. The van der Waals surface area contributed by atoms with Gasteiger partial charge in [-0.15, -0.1) is 4.40 Å². The third-order valence-corrected chi connectivity index (χ3v) is 6.12. The van der Waals surface area contributed by atoms with Gasteiger partial charge in [0.25, 0.3) is 5.91 Å². The molecule has 0 atom stereocenters. The Balaban J connectivity index is 1.81. The first kappa shape index (κ1) is 21.6. The fourth-order valence-corrected chi connectivity index (χ4v) is 4.09. The quantitative estimate of drug-likeness (QED) is 0.758. The Bertz CT molecular complexity index is 1090. The van der Waals surface area contributed by atoms with Crippen molar-refractivity contribution in [1.82, 2.24) is 4.31 Å². The highest BCUT2D eigenvalue weighted by molar-refractivity contribution is 7.88. The largest absolute Gasteiger partial charge is 0.497 e. The number of carbonyl (C=O) groups is 1. The van der Waals surface area contributed by atoms with Gasteiger partial charge in [0, 0.05) is 11.9 Å². The molecule has 1 amide bonds. The van der Waals surface area contributed by atoms with Crippen molar-refractivity contribution in [3.05, 3.63) is 71.4 Å². The molecule has 158 valence electrons. The molecule has 1 aliphatic rings. The summed E-state index contributed by atoms with van der Waals surface area (Å²) in [6.07, 6.45) is 1.33. The zero-order chi connectivity index (χ0) is 21.9. The average molecular weight is 428 g/mol. The molecule has 0 aliphatic carbocycles. The van der Waals surface area contributed by atoms with Gasteiger partial charge in [0.15, 0.2) is 0 Å². The Labute approximate surface area is 177 Å². The first-order chi connectivity index (χ1) is 14.2. The first-order valence-corrected chi connectivity index (χ1v) is 10.9. The molecule has 1 heterocycles. The van der Waals surface area contributed by atoms with Crippen LogP contribution < -0.4 is 10.1 Å². The fourth-order valence-electron chi connectivity index (χ4n) is 2.99. The maximum absolute atomic E-state index is 12.8. The van der Waals surface area contributed by atoms with E-state index in [2.05, 4.69) is 23.6 Å². The van der Waals surface area contributed by atoms with Gasteiger partial charge in [-0.3, -0.25) is 9.10 Å². The minimum Gasteiger partial charge on any atom is -0.497 e. The van der Waals surface area contributed by atoms with Gasteiger partial charge in [-0.05, 0) is 48.2 Å². The van der Waals surface area contributed by atoms with Crippen molar-refractivity contribution in [2.45, 2.75) is 33.2 Å². The highest BCUT2D eigenvalue weighted by Gasteiger charge is 2.28. The normalized spacial score (nSPS) is 15.4. The maximum Gasteiger partial charge on any atom is 0.344 e. The van der Waals surface area contributed by atoms with Crippen molar-refractivity contribution in [3.63, 3.8) is 0 Å². The lowest BCUT2D eigenvalue weighted by Crippen LogP contribution is -2.32. The molecular formula is C22H25N3O4S. The van der Waals surface area contributed by atoms with E-state index in [-0.39, 0.29) is 17.8 Å². The van der Waals surface area contributed by atoms with Crippen LogP contribution in [0.3, 0.4) is 0 Å². The van der Waals surface area contributed by atoms with Gasteiger partial charge in [0.1, 0.15) is 5.75 Å². The van der Waals surface area contributed by atoms with E-state index in [1.165, 1.54) is 18.7 Å². The Kier molecular flexibility index (Phi) is 6.26. The summed E-state index contributed by atoms with van der Waals surface area (Å²) in [5.41, 5.74) is 2.89. The molecule has 0 unspecified atom stereocenters. The molecule has 0 bridgehead atoms. The van der Waals surface area contributed by atoms with E-state index >= 15 is 0 Å². The van der Waals surface area contributed by atoms with Crippen LogP contribution in [0.5, 0.6) is 5.75 Å². The second-order valence-electron chi connectivity index (χ2n) is 7.32. The molecule has 0 aromatic heterocycles. The van der Waals surface area contributed by atoms with Crippen LogP contribution in [-0.2, 0) is 21.5 Å². The Hall–Kier alpha value is -3.13. The van der Waals surface area contributed by atoms with Gasteiger partial charge in [-0.2, -0.15) is 8.42 Å². The average Bonchev–Trinajstić information content (AvgIpc) is 2.70. The minimum atomic E-state index is -3.91. The lowest BCUT2D eigenvalue weighted by atomic mass is 10.0. The number of hydrogen-bond acceptors (Lipinski definition) is 4. The lowest BCUT2D eigenvalue weighted by Gasteiger charge is -2.24. The van der Waals surface area contributed by atoms with Gasteiger partial charge in [0.05, 0.1) is 24.9 Å². The Morgan fingerprint density at radius 1 is 1.10 bits per heavy atom. The predicted molar refractivity (Wildman–Crippen MR) is 118 cm³/mol. The van der Waals surface area contributed by atoms with Gasteiger partial charge in [-0.1, -0.05) is 38.1 Å². The number of rotatable bonds is 6. The molecule has 0 fully saturated rings. The molecule has 0 spiro atoms. The SMILES string of the molecule is COc1ccc(CN2C=C(C(=O)Nc3ccc(C(C)C)cc3)C(C)=NS2(=O)=O)cc1. The van der Waals surface area contributed by atoms with Gasteiger partial charge < -0.3 is 10.1 Å². The van der Waals surface area contributed by atoms with Crippen LogP contribution in [-0.4, -0.2) is 31.5 Å². The van der Waals surface area contributed by atoms with E-state index in [0.29, 0.717) is 17.4 Å². The molecule has 1 N–H and O–H groups in total. The Morgan fingerprint density at radius 3 is 2.30 bits per heavy atom. The summed E-state index contributed by atoms with van der Waals surface area (Å²) in [5, 5.41) is 2.81. The van der Waals surface area contributed by atoms with Crippen molar-refractivity contribution >= 4 is 27.5 Å². The van der Waals surface area contributed by atoms with Crippen molar-refractivity contribution in [1.29, 1.82) is 0 Å². The number of nitrogens with zero attached hydrogens (tertiary/aromatic N) is 2. The smallest absolute Gasteiger partial charge is 0.344 e. The highest BCUT2D eigenvalue weighted by Crippen LogP contribution is 2.22. The summed E-state index contributed by atoms with van der Waals surface area (Å²) < 4.78 is 34.9. The van der Waals surface area contributed by atoms with E-state index in [4.69, 9.17) is 4.74 Å². The van der Waals surface area contributed by atoms with Crippen molar-refractivity contribution < 1.29 is 17.9 Å². The van der Waals surface area contributed by atoms with Crippen LogP contribution in [0.2, 0.25) is 0 Å². The van der Waals surface area contributed by atoms with Gasteiger partial charge in [-0.25, -0.2) is 0 Å². The fraction of sp³-hybridized carbons (Fsp3) is 0.273. The van der Waals surface area contributed by atoms with E-state index < -0.39 is 16.1 Å². The number of amides is 1. The van der Waals surface area contributed by atoms with Crippen LogP contribution >= 0.6 is 0 Å². The topological polar surface area (TPSA) is 88.1 Å². The molecule has 0 radical (unpaired) electrons. The molecule has 7 nitrogen and oxygen atoms in total. The van der Waals surface area contributed by atoms with Gasteiger partial charge in [0.2, 0.25) is 0 Å². The first-order valence-electron chi connectivity index (χ1n) is 9.54. The van der Waals surface area contributed by atoms with Crippen molar-refractivity contribution in [2.24, 2.45) is 4.40 Å². The number of ether oxygens (including phenoxy) is 1. The second-order valence-corrected chi connectivity index (χ2v) is 8.87. The van der Waals surface area contributed by atoms with Crippen LogP contribution in [0.4, 0.5) is 5.69 Å². The minimum absolute atomic E-state index is 0.0585. The van der Waals surface area contributed by atoms with E-state index in [9.17, 15) is 13.2 Å². The van der Waals surface area contributed by atoms with Crippen LogP contribution in [0.1, 0.15) is 37.8 Å². The van der Waals surface area contributed by atoms with Crippen LogP contribution in [0, 0.1) is 0 Å². The standard InChI is InChI=1S/C22H25N3O4S/c1-15(2)18-7-9-19(10-8-18)23-22(26)21-14-25(30(27,28)24-16(21)3)13-17-5-11-20(29-4)12-6-17/h5-12,14-15H,13H2,1-4H3,(H,23,26). The number of methoxy groups -OCH3 is 1. The number of carbonyl (C=O) groups excluding carboxylic acids is 1. The van der Waals surface area contributed by atoms with Gasteiger partial charge >= 0.3 is 10.2 Å². The number of anilines is 1. The molecule has 1 aliphatic heterocycles. The molecule has 2 aromatic rings. The molecule has 2 aromatic carbocycles.